The van der Waals surface area contributed by atoms with Gasteiger partial charge in [-0.15, -0.1) is 0 Å². The topological polar surface area (TPSA) is 49.1 Å². The summed E-state index contributed by atoms with van der Waals surface area (Å²) < 4.78 is 5.68. The van der Waals surface area contributed by atoms with Gasteiger partial charge in [0, 0.05) is 12.2 Å². The van der Waals surface area contributed by atoms with E-state index in [1.165, 1.54) is 12.8 Å². The maximum atomic E-state index is 9.12. The number of nitrogens with zero attached hydrogens (tertiary/aromatic N) is 3. The van der Waals surface area contributed by atoms with Gasteiger partial charge in [0.1, 0.15) is 18.2 Å². The van der Waals surface area contributed by atoms with Gasteiger partial charge < -0.3 is 4.74 Å². The smallest absolute Gasteiger partial charge is 0.232 e. The van der Waals surface area contributed by atoms with E-state index in [1.807, 2.05) is 19.9 Å². The molecule has 4 heteroatoms. The van der Waals surface area contributed by atoms with E-state index in [1.54, 1.807) is 0 Å². The molecule has 2 heterocycles. The van der Waals surface area contributed by atoms with Crippen molar-refractivity contribution in [1.82, 2.24) is 9.88 Å². The van der Waals surface area contributed by atoms with Gasteiger partial charge in [0.25, 0.3) is 0 Å². The van der Waals surface area contributed by atoms with E-state index in [2.05, 4.69) is 16.0 Å². The molecule has 0 atom stereocenters. The van der Waals surface area contributed by atoms with Gasteiger partial charge in [0.05, 0.1) is 0 Å². The summed E-state index contributed by atoms with van der Waals surface area (Å²) in [6, 6.07) is 4.08. The molecule has 1 aromatic rings. The molecule has 0 radical (unpaired) electrons. The molecule has 96 valence electrons. The van der Waals surface area contributed by atoms with Crippen LogP contribution in [0.1, 0.15) is 29.7 Å². The molecule has 0 bridgehead atoms. The summed E-state index contributed by atoms with van der Waals surface area (Å²) in [5.41, 5.74) is 2.38. The highest BCUT2D eigenvalue weighted by atomic mass is 16.5. The second-order valence-electron chi connectivity index (χ2n) is 4.77. The number of hydrogen-bond acceptors (Lipinski definition) is 4. The van der Waals surface area contributed by atoms with Crippen LogP contribution in [0.3, 0.4) is 0 Å². The van der Waals surface area contributed by atoms with Gasteiger partial charge in [-0.1, -0.05) is 0 Å². The third kappa shape index (κ3) is 2.99. The molecule has 0 N–H and O–H groups in total. The zero-order valence-corrected chi connectivity index (χ0v) is 11.1. The number of aryl methyl sites for hydroxylation is 2. The van der Waals surface area contributed by atoms with E-state index in [0.29, 0.717) is 18.1 Å². The lowest BCUT2D eigenvalue weighted by Crippen LogP contribution is -2.25. The zero-order valence-electron chi connectivity index (χ0n) is 11.1. The molecule has 1 aliphatic heterocycles. The van der Waals surface area contributed by atoms with Crippen molar-refractivity contribution in [3.8, 4) is 11.9 Å². The molecule has 0 aliphatic carbocycles. The fraction of sp³-hybridized carbons (Fsp3) is 0.571. The summed E-state index contributed by atoms with van der Waals surface area (Å²) in [6.45, 7) is 7.68. The molecule has 2 rings (SSSR count). The van der Waals surface area contributed by atoms with Gasteiger partial charge in [0.15, 0.2) is 0 Å². The number of rotatable bonds is 4. The number of aromatic nitrogens is 1. The highest BCUT2D eigenvalue weighted by Crippen LogP contribution is 2.19. The Labute approximate surface area is 108 Å². The highest BCUT2D eigenvalue weighted by Gasteiger charge is 2.13. The minimum absolute atomic E-state index is 0.481. The molecule has 0 amide bonds. The summed E-state index contributed by atoms with van der Waals surface area (Å²) in [6.07, 6.45) is 2.57. The molecule has 0 spiro atoms. The van der Waals surface area contributed by atoms with Gasteiger partial charge >= 0.3 is 0 Å². The molecular weight excluding hydrogens is 226 g/mol. The lowest BCUT2D eigenvalue weighted by Gasteiger charge is -2.15. The summed E-state index contributed by atoms with van der Waals surface area (Å²) in [7, 11) is 0. The van der Waals surface area contributed by atoms with Crippen LogP contribution in [-0.4, -0.2) is 36.1 Å². The van der Waals surface area contributed by atoms with Crippen LogP contribution in [0.4, 0.5) is 0 Å². The van der Waals surface area contributed by atoms with Crippen molar-refractivity contribution < 1.29 is 4.74 Å². The first kappa shape index (κ1) is 12.8. The Balaban J connectivity index is 1.97. The van der Waals surface area contributed by atoms with Gasteiger partial charge in [0.2, 0.25) is 5.88 Å². The fourth-order valence-corrected chi connectivity index (χ4v) is 2.32. The van der Waals surface area contributed by atoms with Crippen LogP contribution in [0, 0.1) is 25.2 Å². The van der Waals surface area contributed by atoms with Crippen LogP contribution >= 0.6 is 0 Å². The van der Waals surface area contributed by atoms with Crippen LogP contribution in [-0.2, 0) is 0 Å². The minimum Gasteiger partial charge on any atom is -0.475 e. The highest BCUT2D eigenvalue weighted by molar-refractivity contribution is 5.45. The van der Waals surface area contributed by atoms with Crippen molar-refractivity contribution >= 4 is 0 Å². The van der Waals surface area contributed by atoms with E-state index >= 15 is 0 Å². The lowest BCUT2D eigenvalue weighted by atomic mass is 10.1. The molecule has 1 fully saturated rings. The molecule has 0 aromatic carbocycles. The molecule has 1 saturated heterocycles. The maximum Gasteiger partial charge on any atom is 0.232 e. The maximum absolute atomic E-state index is 9.12. The Kier molecular flexibility index (Phi) is 4.16. The third-order valence-electron chi connectivity index (χ3n) is 3.27. The molecule has 1 aliphatic rings. The molecule has 4 nitrogen and oxygen atoms in total. The second-order valence-corrected chi connectivity index (χ2v) is 4.77. The number of pyridine rings is 1. The first-order valence-corrected chi connectivity index (χ1v) is 6.44. The van der Waals surface area contributed by atoms with Crippen molar-refractivity contribution in [2.24, 2.45) is 0 Å². The van der Waals surface area contributed by atoms with E-state index in [9.17, 15) is 0 Å². The van der Waals surface area contributed by atoms with Crippen LogP contribution in [0.2, 0.25) is 0 Å². The molecule has 18 heavy (non-hydrogen) atoms. The van der Waals surface area contributed by atoms with Crippen LogP contribution in [0.15, 0.2) is 6.07 Å². The Bertz CT molecular complexity index is 459. The average molecular weight is 245 g/mol. The van der Waals surface area contributed by atoms with Crippen molar-refractivity contribution in [2.45, 2.75) is 26.7 Å². The fourth-order valence-electron chi connectivity index (χ4n) is 2.32. The van der Waals surface area contributed by atoms with E-state index in [0.717, 1.165) is 30.9 Å². The Morgan fingerprint density at radius 1 is 1.39 bits per heavy atom. The van der Waals surface area contributed by atoms with Gasteiger partial charge in [-0.2, -0.15) is 5.26 Å². The first-order chi connectivity index (χ1) is 8.70. The van der Waals surface area contributed by atoms with Gasteiger partial charge in [-0.05, 0) is 51.4 Å². The van der Waals surface area contributed by atoms with Crippen LogP contribution in [0.5, 0.6) is 5.88 Å². The zero-order chi connectivity index (χ0) is 13.0. The van der Waals surface area contributed by atoms with E-state index in [4.69, 9.17) is 10.00 Å². The van der Waals surface area contributed by atoms with Gasteiger partial charge in [-0.25, -0.2) is 4.98 Å². The quantitative estimate of drug-likeness (QED) is 0.814. The Morgan fingerprint density at radius 3 is 2.78 bits per heavy atom. The van der Waals surface area contributed by atoms with Crippen molar-refractivity contribution in [3.63, 3.8) is 0 Å². The predicted molar refractivity (Wildman–Crippen MR) is 69.6 cm³/mol. The standard InChI is InChI=1S/C14H19N3O/c1-11-9-12(2)16-14(13(11)10-15)18-8-7-17-5-3-4-6-17/h9H,3-8H2,1-2H3. The number of ether oxygens (including phenoxy) is 1. The number of likely N-dealkylation sites (tertiary alicyclic amines) is 1. The third-order valence-corrected chi connectivity index (χ3v) is 3.27. The number of hydrogen-bond donors (Lipinski definition) is 0. The van der Waals surface area contributed by atoms with E-state index in [-0.39, 0.29) is 0 Å². The molecule has 0 unspecified atom stereocenters. The van der Waals surface area contributed by atoms with Crippen molar-refractivity contribution in [2.75, 3.05) is 26.2 Å². The first-order valence-electron chi connectivity index (χ1n) is 6.44. The van der Waals surface area contributed by atoms with Gasteiger partial charge in [-0.3, -0.25) is 4.90 Å². The molecular formula is C14H19N3O. The number of nitriles is 1. The Morgan fingerprint density at radius 2 is 2.11 bits per heavy atom. The monoisotopic (exact) mass is 245 g/mol. The molecule has 0 saturated carbocycles. The van der Waals surface area contributed by atoms with Crippen molar-refractivity contribution in [3.05, 3.63) is 22.9 Å². The average Bonchev–Trinajstić information content (AvgIpc) is 2.81. The SMILES string of the molecule is Cc1cc(C)c(C#N)c(OCCN2CCCC2)n1. The summed E-state index contributed by atoms with van der Waals surface area (Å²) in [4.78, 5) is 6.69. The van der Waals surface area contributed by atoms with Crippen LogP contribution < -0.4 is 4.74 Å². The van der Waals surface area contributed by atoms with Crippen LogP contribution in [0.25, 0.3) is 0 Å². The summed E-state index contributed by atoms with van der Waals surface area (Å²) >= 11 is 0. The van der Waals surface area contributed by atoms with Crippen molar-refractivity contribution in [1.29, 1.82) is 5.26 Å². The normalized spacial score (nSPS) is 15.6. The predicted octanol–water partition coefficient (Wildman–Crippen LogP) is 2.04. The van der Waals surface area contributed by atoms with E-state index < -0.39 is 0 Å². The largest absolute Gasteiger partial charge is 0.475 e. The summed E-state index contributed by atoms with van der Waals surface area (Å²) in [5.74, 6) is 0.481. The lowest BCUT2D eigenvalue weighted by molar-refractivity contribution is 0.231. The molecule has 1 aromatic heterocycles. The second kappa shape index (κ2) is 5.83. The minimum atomic E-state index is 0.481. The Hall–Kier alpha value is -1.60. The summed E-state index contributed by atoms with van der Waals surface area (Å²) in [5, 5.41) is 9.12.